The van der Waals surface area contributed by atoms with Gasteiger partial charge in [0.05, 0.1) is 10.6 Å². The van der Waals surface area contributed by atoms with E-state index in [4.69, 9.17) is 0 Å². The zero-order valence-electron chi connectivity index (χ0n) is 16.6. The van der Waals surface area contributed by atoms with Crippen molar-refractivity contribution in [3.8, 4) is 11.3 Å². The van der Waals surface area contributed by atoms with Gasteiger partial charge >= 0.3 is 0 Å². The second kappa shape index (κ2) is 7.93. The SMILES string of the molecule is Cc1ccc(-c2ccc(N3CCN(S(=O)(=O)c4ccccc4)CC3)nn2)c(C)c1. The Hall–Kier alpha value is -2.77. The van der Waals surface area contributed by atoms with Gasteiger partial charge in [-0.05, 0) is 43.7 Å². The molecule has 6 nitrogen and oxygen atoms in total. The third-order valence-corrected chi connectivity index (χ3v) is 7.16. The molecule has 0 radical (unpaired) electrons. The monoisotopic (exact) mass is 408 g/mol. The lowest BCUT2D eigenvalue weighted by Gasteiger charge is -2.34. The molecular weight excluding hydrogens is 384 g/mol. The summed E-state index contributed by atoms with van der Waals surface area (Å²) in [6.45, 7) is 6.18. The minimum absolute atomic E-state index is 0.339. The Bertz CT molecular complexity index is 1090. The summed E-state index contributed by atoms with van der Waals surface area (Å²) >= 11 is 0. The van der Waals surface area contributed by atoms with E-state index in [2.05, 4.69) is 47.1 Å². The van der Waals surface area contributed by atoms with Crippen molar-refractivity contribution in [1.82, 2.24) is 14.5 Å². The Morgan fingerprint density at radius 2 is 1.55 bits per heavy atom. The van der Waals surface area contributed by atoms with Crippen LogP contribution in [-0.4, -0.2) is 49.1 Å². The third-order valence-electron chi connectivity index (χ3n) is 5.25. The summed E-state index contributed by atoms with van der Waals surface area (Å²) < 4.78 is 27.1. The fraction of sp³-hybridized carbons (Fsp3) is 0.273. The van der Waals surface area contributed by atoms with Crippen molar-refractivity contribution in [3.05, 3.63) is 71.8 Å². The Morgan fingerprint density at radius 1 is 0.828 bits per heavy atom. The van der Waals surface area contributed by atoms with Crippen molar-refractivity contribution in [2.24, 2.45) is 0 Å². The van der Waals surface area contributed by atoms with Crippen LogP contribution in [0.2, 0.25) is 0 Å². The highest BCUT2D eigenvalue weighted by atomic mass is 32.2. The second-order valence-electron chi connectivity index (χ2n) is 7.30. The molecule has 7 heteroatoms. The van der Waals surface area contributed by atoms with Gasteiger partial charge in [-0.25, -0.2) is 8.42 Å². The number of rotatable bonds is 4. The van der Waals surface area contributed by atoms with Gasteiger partial charge in [0.1, 0.15) is 0 Å². The molecule has 4 rings (SSSR count). The van der Waals surface area contributed by atoms with Gasteiger partial charge in [0.15, 0.2) is 5.82 Å². The minimum Gasteiger partial charge on any atom is -0.352 e. The summed E-state index contributed by atoms with van der Waals surface area (Å²) in [7, 11) is -3.45. The van der Waals surface area contributed by atoms with E-state index in [9.17, 15) is 8.42 Å². The Balaban J connectivity index is 1.45. The number of aromatic nitrogens is 2. The van der Waals surface area contributed by atoms with Gasteiger partial charge in [-0.2, -0.15) is 4.31 Å². The normalized spacial score (nSPS) is 15.4. The Morgan fingerprint density at radius 3 is 2.17 bits per heavy atom. The lowest BCUT2D eigenvalue weighted by Crippen LogP contribution is -2.48. The quantitative estimate of drug-likeness (QED) is 0.663. The van der Waals surface area contributed by atoms with E-state index in [-0.39, 0.29) is 0 Å². The fourth-order valence-corrected chi connectivity index (χ4v) is 5.08. The molecule has 0 N–H and O–H groups in total. The van der Waals surface area contributed by atoms with Crippen LogP contribution in [0.15, 0.2) is 65.6 Å². The van der Waals surface area contributed by atoms with Crippen LogP contribution < -0.4 is 4.90 Å². The molecule has 3 aromatic rings. The zero-order chi connectivity index (χ0) is 20.4. The highest BCUT2D eigenvalue weighted by Gasteiger charge is 2.28. The fourth-order valence-electron chi connectivity index (χ4n) is 3.64. The van der Waals surface area contributed by atoms with Gasteiger partial charge in [-0.15, -0.1) is 10.2 Å². The van der Waals surface area contributed by atoms with Gasteiger partial charge < -0.3 is 4.90 Å². The number of hydrogen-bond donors (Lipinski definition) is 0. The summed E-state index contributed by atoms with van der Waals surface area (Å²) in [6.07, 6.45) is 0. The Kier molecular flexibility index (Phi) is 5.34. The second-order valence-corrected chi connectivity index (χ2v) is 9.24. The molecule has 150 valence electrons. The largest absolute Gasteiger partial charge is 0.352 e. The summed E-state index contributed by atoms with van der Waals surface area (Å²) in [5.74, 6) is 0.773. The first-order chi connectivity index (χ1) is 13.9. The lowest BCUT2D eigenvalue weighted by atomic mass is 10.0. The maximum absolute atomic E-state index is 12.8. The predicted octanol–water partition coefficient (Wildman–Crippen LogP) is 3.27. The van der Waals surface area contributed by atoms with Crippen LogP contribution in [0, 0.1) is 13.8 Å². The average Bonchev–Trinajstić information content (AvgIpc) is 2.75. The van der Waals surface area contributed by atoms with Crippen molar-refractivity contribution in [1.29, 1.82) is 0 Å². The molecule has 0 spiro atoms. The van der Waals surface area contributed by atoms with Crippen molar-refractivity contribution in [2.45, 2.75) is 18.7 Å². The first-order valence-electron chi connectivity index (χ1n) is 9.67. The average molecular weight is 409 g/mol. The predicted molar refractivity (Wildman–Crippen MR) is 114 cm³/mol. The number of sulfonamides is 1. The van der Waals surface area contributed by atoms with Crippen LogP contribution in [0.25, 0.3) is 11.3 Å². The first-order valence-corrected chi connectivity index (χ1v) is 11.1. The van der Waals surface area contributed by atoms with Crippen LogP contribution >= 0.6 is 0 Å². The van der Waals surface area contributed by atoms with E-state index in [1.807, 2.05) is 18.2 Å². The van der Waals surface area contributed by atoms with E-state index < -0.39 is 10.0 Å². The first kappa shape index (κ1) is 19.5. The van der Waals surface area contributed by atoms with Gasteiger partial charge in [-0.3, -0.25) is 0 Å². The van der Waals surface area contributed by atoms with Gasteiger partial charge in [0, 0.05) is 31.7 Å². The van der Waals surface area contributed by atoms with E-state index in [0.717, 1.165) is 17.1 Å². The highest BCUT2D eigenvalue weighted by Crippen LogP contribution is 2.24. The number of anilines is 1. The molecule has 1 aliphatic rings. The molecule has 1 aromatic heterocycles. The molecule has 2 aromatic carbocycles. The van der Waals surface area contributed by atoms with E-state index >= 15 is 0 Å². The molecule has 2 heterocycles. The maximum Gasteiger partial charge on any atom is 0.243 e. The zero-order valence-corrected chi connectivity index (χ0v) is 17.4. The number of benzene rings is 2. The number of piperazine rings is 1. The highest BCUT2D eigenvalue weighted by molar-refractivity contribution is 7.89. The van der Waals surface area contributed by atoms with Crippen LogP contribution in [0.4, 0.5) is 5.82 Å². The number of hydrogen-bond acceptors (Lipinski definition) is 5. The molecule has 0 aliphatic carbocycles. The van der Waals surface area contributed by atoms with Gasteiger partial charge in [0.2, 0.25) is 10.0 Å². The Labute approximate surface area is 171 Å². The summed E-state index contributed by atoms with van der Waals surface area (Å²) in [5.41, 5.74) is 4.32. The molecular formula is C22H24N4O2S. The van der Waals surface area contributed by atoms with Crippen molar-refractivity contribution in [2.75, 3.05) is 31.1 Å². The van der Waals surface area contributed by atoms with Crippen LogP contribution in [-0.2, 0) is 10.0 Å². The number of nitrogens with zero attached hydrogens (tertiary/aromatic N) is 4. The van der Waals surface area contributed by atoms with E-state index in [1.165, 1.54) is 15.4 Å². The molecule has 29 heavy (non-hydrogen) atoms. The summed E-state index contributed by atoms with van der Waals surface area (Å²) in [4.78, 5) is 2.42. The summed E-state index contributed by atoms with van der Waals surface area (Å²) in [6, 6.07) is 18.8. The van der Waals surface area contributed by atoms with E-state index in [0.29, 0.717) is 31.1 Å². The van der Waals surface area contributed by atoms with Crippen molar-refractivity contribution < 1.29 is 8.42 Å². The molecule has 0 unspecified atom stereocenters. The smallest absolute Gasteiger partial charge is 0.243 e. The van der Waals surface area contributed by atoms with Gasteiger partial charge in [-0.1, -0.05) is 42.0 Å². The maximum atomic E-state index is 12.8. The molecule has 0 amide bonds. The van der Waals surface area contributed by atoms with Gasteiger partial charge in [0.25, 0.3) is 0 Å². The molecule has 0 bridgehead atoms. The van der Waals surface area contributed by atoms with Crippen molar-refractivity contribution in [3.63, 3.8) is 0 Å². The minimum atomic E-state index is -3.45. The van der Waals surface area contributed by atoms with E-state index in [1.54, 1.807) is 24.3 Å². The van der Waals surface area contributed by atoms with Crippen molar-refractivity contribution >= 4 is 15.8 Å². The molecule has 0 atom stereocenters. The van der Waals surface area contributed by atoms with Crippen LogP contribution in [0.5, 0.6) is 0 Å². The number of aryl methyl sites for hydroxylation is 2. The molecule has 0 saturated carbocycles. The molecule has 1 saturated heterocycles. The molecule has 1 fully saturated rings. The summed E-state index contributed by atoms with van der Waals surface area (Å²) in [5, 5.41) is 8.80. The topological polar surface area (TPSA) is 66.4 Å². The lowest BCUT2D eigenvalue weighted by molar-refractivity contribution is 0.383. The van der Waals surface area contributed by atoms with Crippen LogP contribution in [0.1, 0.15) is 11.1 Å². The standard InChI is InChI=1S/C22H24N4O2S/c1-17-8-9-20(18(2)16-17)21-10-11-22(24-23-21)25-12-14-26(15-13-25)29(27,28)19-6-4-3-5-7-19/h3-11,16H,12-15H2,1-2H3. The third kappa shape index (κ3) is 4.02. The molecule has 1 aliphatic heterocycles. The van der Waals surface area contributed by atoms with Crippen LogP contribution in [0.3, 0.4) is 0 Å².